The molecule has 0 bridgehead atoms. The summed E-state index contributed by atoms with van der Waals surface area (Å²) in [5, 5.41) is 9.31. The van der Waals surface area contributed by atoms with E-state index in [1.165, 1.54) is 12.1 Å². The molecule has 0 spiro atoms. The van der Waals surface area contributed by atoms with Gasteiger partial charge in [0, 0.05) is 0 Å². The molecule has 1 aromatic rings. The largest absolute Gasteiger partial charge is 0.481 e. The van der Waals surface area contributed by atoms with Crippen LogP contribution in [0.25, 0.3) is 0 Å². The van der Waals surface area contributed by atoms with Crippen molar-refractivity contribution in [2.24, 2.45) is 0 Å². The van der Waals surface area contributed by atoms with Crippen LogP contribution in [-0.4, -0.2) is 11.1 Å². The van der Waals surface area contributed by atoms with Crippen molar-refractivity contribution in [1.29, 1.82) is 0 Å². The maximum Gasteiger partial charge on any atom is 0.314 e. The molecule has 0 fully saturated rings. The topological polar surface area (TPSA) is 63.3 Å². The predicted octanol–water partition coefficient (Wildman–Crippen LogP) is 2.55. The van der Waals surface area contributed by atoms with Gasteiger partial charge in [-0.25, -0.2) is 4.39 Å². The minimum Gasteiger partial charge on any atom is -0.481 e. The molecule has 0 atom stereocenters. The van der Waals surface area contributed by atoms with Gasteiger partial charge in [0.05, 0.1) is 11.1 Å². The molecule has 0 aliphatic carbocycles. The number of halogens is 1. The highest BCUT2D eigenvalue weighted by Gasteiger charge is 2.38. The molecule has 16 heavy (non-hydrogen) atoms. The molecule has 0 aliphatic rings. The zero-order chi connectivity index (χ0) is 12.3. The van der Waals surface area contributed by atoms with Crippen LogP contribution in [0.15, 0.2) is 18.2 Å². The van der Waals surface area contributed by atoms with Gasteiger partial charge in [0.15, 0.2) is 0 Å². The van der Waals surface area contributed by atoms with E-state index in [0.29, 0.717) is 18.4 Å². The number of para-hydroxylation sites is 1. The SMILES string of the molecule is CCC(CC)(C(=O)O)c1cccc(F)c1N. The first-order valence-electron chi connectivity index (χ1n) is 5.27. The second-order valence-electron chi connectivity index (χ2n) is 3.80. The van der Waals surface area contributed by atoms with Crippen LogP contribution in [0, 0.1) is 5.82 Å². The third-order valence-electron chi connectivity index (χ3n) is 3.18. The molecule has 0 radical (unpaired) electrons. The molecule has 0 saturated carbocycles. The van der Waals surface area contributed by atoms with Crippen molar-refractivity contribution < 1.29 is 14.3 Å². The minimum absolute atomic E-state index is 0.0615. The zero-order valence-electron chi connectivity index (χ0n) is 9.46. The van der Waals surface area contributed by atoms with E-state index in [0.717, 1.165) is 0 Å². The number of nitrogens with two attached hydrogens (primary N) is 1. The smallest absolute Gasteiger partial charge is 0.314 e. The molecule has 1 rings (SSSR count). The van der Waals surface area contributed by atoms with Gasteiger partial charge in [0.25, 0.3) is 0 Å². The van der Waals surface area contributed by atoms with Crippen molar-refractivity contribution in [1.82, 2.24) is 0 Å². The second-order valence-corrected chi connectivity index (χ2v) is 3.80. The number of carboxylic acid groups (broad SMARTS) is 1. The Morgan fingerprint density at radius 2 is 2.00 bits per heavy atom. The highest BCUT2D eigenvalue weighted by molar-refractivity contribution is 5.83. The number of aliphatic carboxylic acids is 1. The Balaban J connectivity index is 3.43. The van der Waals surface area contributed by atoms with Crippen molar-refractivity contribution >= 4 is 11.7 Å². The molecule has 0 unspecified atom stereocenters. The zero-order valence-corrected chi connectivity index (χ0v) is 9.46. The lowest BCUT2D eigenvalue weighted by Crippen LogP contribution is -2.35. The van der Waals surface area contributed by atoms with Crippen LogP contribution in [0.4, 0.5) is 10.1 Å². The van der Waals surface area contributed by atoms with E-state index in [9.17, 15) is 14.3 Å². The number of nitrogen functional groups attached to an aromatic ring is 1. The summed E-state index contributed by atoms with van der Waals surface area (Å²) in [6.07, 6.45) is 0.763. The number of carbonyl (C=O) groups is 1. The monoisotopic (exact) mass is 225 g/mol. The van der Waals surface area contributed by atoms with Crippen LogP contribution in [0.1, 0.15) is 32.3 Å². The Hall–Kier alpha value is -1.58. The van der Waals surface area contributed by atoms with Crippen LogP contribution in [0.5, 0.6) is 0 Å². The Labute approximate surface area is 94.1 Å². The first kappa shape index (κ1) is 12.5. The van der Waals surface area contributed by atoms with E-state index in [2.05, 4.69) is 0 Å². The van der Waals surface area contributed by atoms with Gasteiger partial charge in [0.2, 0.25) is 0 Å². The number of carboxylic acids is 1. The lowest BCUT2D eigenvalue weighted by atomic mass is 9.75. The molecule has 0 aromatic heterocycles. The summed E-state index contributed by atoms with van der Waals surface area (Å²) in [6.45, 7) is 3.53. The van der Waals surface area contributed by atoms with Gasteiger partial charge in [-0.05, 0) is 24.5 Å². The number of rotatable bonds is 4. The fourth-order valence-electron chi connectivity index (χ4n) is 2.00. The van der Waals surface area contributed by atoms with Crippen LogP contribution in [0.2, 0.25) is 0 Å². The fraction of sp³-hybridized carbons (Fsp3) is 0.417. The van der Waals surface area contributed by atoms with Crippen LogP contribution >= 0.6 is 0 Å². The van der Waals surface area contributed by atoms with Gasteiger partial charge in [-0.15, -0.1) is 0 Å². The van der Waals surface area contributed by atoms with Gasteiger partial charge >= 0.3 is 5.97 Å². The third-order valence-corrected chi connectivity index (χ3v) is 3.18. The van der Waals surface area contributed by atoms with Gasteiger partial charge in [-0.2, -0.15) is 0 Å². The molecule has 3 nitrogen and oxygen atoms in total. The van der Waals surface area contributed by atoms with E-state index >= 15 is 0 Å². The maximum atomic E-state index is 13.3. The summed E-state index contributed by atoms with van der Waals surface area (Å²) < 4.78 is 13.3. The van der Waals surface area contributed by atoms with Crippen molar-refractivity contribution in [3.63, 3.8) is 0 Å². The van der Waals surface area contributed by atoms with E-state index in [-0.39, 0.29) is 5.69 Å². The van der Waals surface area contributed by atoms with Crippen molar-refractivity contribution in [2.75, 3.05) is 5.73 Å². The molecule has 0 aliphatic heterocycles. The summed E-state index contributed by atoms with van der Waals surface area (Å²) in [4.78, 5) is 11.4. The Morgan fingerprint density at radius 1 is 1.44 bits per heavy atom. The Morgan fingerprint density at radius 3 is 2.44 bits per heavy atom. The van der Waals surface area contributed by atoms with E-state index in [4.69, 9.17) is 5.73 Å². The van der Waals surface area contributed by atoms with Crippen molar-refractivity contribution in [3.05, 3.63) is 29.6 Å². The molecule has 0 amide bonds. The first-order valence-corrected chi connectivity index (χ1v) is 5.27. The maximum absolute atomic E-state index is 13.3. The highest BCUT2D eigenvalue weighted by atomic mass is 19.1. The summed E-state index contributed by atoms with van der Waals surface area (Å²) >= 11 is 0. The molecule has 3 N–H and O–H groups in total. The Kier molecular flexibility index (Phi) is 3.52. The number of hydrogen-bond donors (Lipinski definition) is 2. The summed E-state index contributed by atoms with van der Waals surface area (Å²) in [7, 11) is 0. The number of benzene rings is 1. The molecular formula is C12H16FNO2. The van der Waals surface area contributed by atoms with E-state index in [1.807, 2.05) is 0 Å². The van der Waals surface area contributed by atoms with E-state index < -0.39 is 17.2 Å². The van der Waals surface area contributed by atoms with Gasteiger partial charge in [0.1, 0.15) is 5.82 Å². The van der Waals surface area contributed by atoms with Gasteiger partial charge < -0.3 is 10.8 Å². The van der Waals surface area contributed by atoms with Crippen molar-refractivity contribution in [3.8, 4) is 0 Å². The Bertz CT molecular complexity index is 400. The van der Waals surface area contributed by atoms with Gasteiger partial charge in [-0.3, -0.25) is 4.79 Å². The normalized spacial score (nSPS) is 11.4. The summed E-state index contributed by atoms with van der Waals surface area (Å²) in [6, 6.07) is 4.31. The molecular weight excluding hydrogens is 209 g/mol. The lowest BCUT2D eigenvalue weighted by molar-refractivity contribution is -0.144. The molecule has 0 saturated heterocycles. The summed E-state index contributed by atoms with van der Waals surface area (Å²) in [5.41, 5.74) is 4.83. The first-order chi connectivity index (χ1) is 7.49. The number of hydrogen-bond acceptors (Lipinski definition) is 2. The van der Waals surface area contributed by atoms with Crippen LogP contribution < -0.4 is 5.73 Å². The highest BCUT2D eigenvalue weighted by Crippen LogP contribution is 2.36. The van der Waals surface area contributed by atoms with Crippen LogP contribution in [0.3, 0.4) is 0 Å². The standard InChI is InChI=1S/C12H16FNO2/c1-3-12(4-2,11(15)16)8-6-5-7-9(13)10(8)14/h5-7H,3-4,14H2,1-2H3,(H,15,16). The quantitative estimate of drug-likeness (QED) is 0.774. The summed E-state index contributed by atoms with van der Waals surface area (Å²) in [5.74, 6) is -1.53. The molecule has 0 heterocycles. The molecule has 1 aromatic carbocycles. The average molecular weight is 225 g/mol. The van der Waals surface area contributed by atoms with Gasteiger partial charge in [-0.1, -0.05) is 26.0 Å². The lowest BCUT2D eigenvalue weighted by Gasteiger charge is -2.28. The molecule has 4 heteroatoms. The predicted molar refractivity (Wildman–Crippen MR) is 60.7 cm³/mol. The van der Waals surface area contributed by atoms with Crippen LogP contribution in [-0.2, 0) is 10.2 Å². The van der Waals surface area contributed by atoms with E-state index in [1.54, 1.807) is 19.9 Å². The second kappa shape index (κ2) is 4.51. The molecule has 88 valence electrons. The third kappa shape index (κ3) is 1.75. The van der Waals surface area contributed by atoms with Crippen molar-refractivity contribution in [2.45, 2.75) is 32.1 Å². The minimum atomic E-state index is -1.09. The average Bonchev–Trinajstić information content (AvgIpc) is 2.26. The number of anilines is 1. The fourth-order valence-corrected chi connectivity index (χ4v) is 2.00.